The second kappa shape index (κ2) is 4.62. The summed E-state index contributed by atoms with van der Waals surface area (Å²) in [5, 5.41) is 0.476. The van der Waals surface area contributed by atoms with Crippen molar-refractivity contribution in [2.24, 2.45) is 0 Å². The normalized spacial score (nSPS) is 14.9. The Labute approximate surface area is 102 Å². The molecule has 14 heavy (non-hydrogen) atoms. The van der Waals surface area contributed by atoms with E-state index < -0.39 is 3.68 Å². The van der Waals surface area contributed by atoms with E-state index in [1.807, 2.05) is 6.07 Å². The van der Waals surface area contributed by atoms with Crippen LogP contribution in [0.1, 0.15) is 18.1 Å². The Morgan fingerprint density at radius 3 is 2.71 bits per heavy atom. The first-order valence-corrected chi connectivity index (χ1v) is 5.68. The van der Waals surface area contributed by atoms with Crippen LogP contribution in [0.5, 0.6) is 0 Å². The third kappa shape index (κ3) is 2.95. The summed E-state index contributed by atoms with van der Waals surface area (Å²) in [7, 11) is 0. The van der Waals surface area contributed by atoms with E-state index in [1.165, 1.54) is 6.92 Å². The summed E-state index contributed by atoms with van der Waals surface area (Å²) in [6.45, 7) is 5.13. The Hall–Kier alpha value is -0.0900. The first-order valence-electron chi connectivity index (χ1n) is 4.23. The smallest absolute Gasteiger partial charge is 0.184 e. The minimum atomic E-state index is -1.42. The molecular weight excluding hydrogens is 313 g/mol. The van der Waals surface area contributed by atoms with Gasteiger partial charge in [0.1, 0.15) is 0 Å². The van der Waals surface area contributed by atoms with E-state index in [0.717, 1.165) is 12.0 Å². The molecule has 1 rings (SSSR count). The highest BCUT2D eigenvalue weighted by Crippen LogP contribution is 2.37. The highest BCUT2D eigenvalue weighted by Gasteiger charge is 2.23. The van der Waals surface area contributed by atoms with Gasteiger partial charge in [0.05, 0.1) is 0 Å². The number of alkyl halides is 2. The van der Waals surface area contributed by atoms with Crippen LogP contribution in [0.25, 0.3) is 0 Å². The van der Waals surface area contributed by atoms with Gasteiger partial charge in [-0.1, -0.05) is 29.8 Å². The zero-order valence-corrected chi connectivity index (χ0v) is 10.8. The van der Waals surface area contributed by atoms with Crippen molar-refractivity contribution >= 4 is 34.2 Å². The van der Waals surface area contributed by atoms with E-state index in [0.29, 0.717) is 10.6 Å². The van der Waals surface area contributed by atoms with Crippen molar-refractivity contribution in [3.05, 3.63) is 47.0 Å². The Balaban J connectivity index is 3.07. The minimum absolute atomic E-state index is 0.476. The van der Waals surface area contributed by atoms with Crippen LogP contribution < -0.4 is 0 Å². The van der Waals surface area contributed by atoms with Gasteiger partial charge < -0.3 is 0 Å². The van der Waals surface area contributed by atoms with Gasteiger partial charge in [-0.25, -0.2) is 4.39 Å². The summed E-state index contributed by atoms with van der Waals surface area (Å²) in [6.07, 6.45) is 2.55. The van der Waals surface area contributed by atoms with Crippen LogP contribution in [0.2, 0.25) is 5.02 Å². The molecule has 0 saturated heterocycles. The largest absolute Gasteiger partial charge is 0.227 e. The maximum atomic E-state index is 13.6. The second-order valence-electron chi connectivity index (χ2n) is 3.20. The molecule has 0 bridgehead atoms. The third-order valence-corrected chi connectivity index (χ3v) is 2.78. The zero-order chi connectivity index (χ0) is 10.8. The molecule has 0 spiro atoms. The molecule has 0 saturated carbocycles. The topological polar surface area (TPSA) is 0 Å². The third-order valence-electron chi connectivity index (χ3n) is 1.89. The van der Waals surface area contributed by atoms with Crippen molar-refractivity contribution in [1.29, 1.82) is 0 Å². The Bertz CT molecular complexity index is 342. The van der Waals surface area contributed by atoms with Gasteiger partial charge in [0.15, 0.2) is 3.68 Å². The van der Waals surface area contributed by atoms with E-state index in [2.05, 4.69) is 6.58 Å². The van der Waals surface area contributed by atoms with E-state index in [9.17, 15) is 4.39 Å². The highest BCUT2D eigenvalue weighted by atomic mass is 127. The van der Waals surface area contributed by atoms with Crippen molar-refractivity contribution in [2.75, 3.05) is 0 Å². The average Bonchev–Trinajstić information content (AvgIpc) is 2.02. The maximum Gasteiger partial charge on any atom is 0.184 e. The van der Waals surface area contributed by atoms with E-state index in [1.54, 1.807) is 40.8 Å². The molecule has 0 heterocycles. The van der Waals surface area contributed by atoms with Crippen molar-refractivity contribution in [3.8, 4) is 0 Å². The van der Waals surface area contributed by atoms with Crippen LogP contribution in [-0.2, 0) is 10.1 Å². The summed E-state index contributed by atoms with van der Waals surface area (Å²) in [6, 6.07) is 5.39. The molecule has 0 aliphatic rings. The van der Waals surface area contributed by atoms with Crippen LogP contribution in [0.15, 0.2) is 30.9 Å². The number of hydrogen-bond donors (Lipinski definition) is 0. The molecule has 1 atom stereocenters. The lowest BCUT2D eigenvalue weighted by atomic mass is 10.1. The molecule has 0 aromatic heterocycles. The van der Waals surface area contributed by atoms with Crippen molar-refractivity contribution in [3.63, 3.8) is 0 Å². The number of allylic oxidation sites excluding steroid dienone is 1. The van der Waals surface area contributed by atoms with Crippen molar-refractivity contribution in [2.45, 2.75) is 17.0 Å². The number of hydrogen-bond acceptors (Lipinski definition) is 0. The highest BCUT2D eigenvalue weighted by molar-refractivity contribution is 14.1. The molecule has 76 valence electrons. The van der Waals surface area contributed by atoms with Crippen LogP contribution in [0, 0.1) is 0 Å². The molecular formula is C11H11ClFI. The van der Waals surface area contributed by atoms with Gasteiger partial charge in [-0.3, -0.25) is 0 Å². The van der Waals surface area contributed by atoms with E-state index in [4.69, 9.17) is 11.6 Å². The predicted octanol–water partition coefficient (Wildman–Crippen LogP) is 4.65. The van der Waals surface area contributed by atoms with Crippen LogP contribution >= 0.6 is 34.2 Å². The predicted molar refractivity (Wildman–Crippen MR) is 67.8 cm³/mol. The van der Waals surface area contributed by atoms with Gasteiger partial charge in [-0.2, -0.15) is 0 Å². The van der Waals surface area contributed by atoms with Gasteiger partial charge in [-0.15, -0.1) is 6.58 Å². The summed E-state index contributed by atoms with van der Waals surface area (Å²) in [5.74, 6) is 0. The minimum Gasteiger partial charge on any atom is -0.227 e. The zero-order valence-electron chi connectivity index (χ0n) is 7.86. The number of halogens is 3. The molecule has 1 aromatic carbocycles. The molecule has 0 fully saturated rings. The Kier molecular flexibility index (Phi) is 3.95. The fraction of sp³-hybridized carbons (Fsp3) is 0.273. The lowest BCUT2D eigenvalue weighted by Crippen LogP contribution is -2.05. The van der Waals surface area contributed by atoms with Gasteiger partial charge >= 0.3 is 0 Å². The first kappa shape index (κ1) is 12.0. The summed E-state index contributed by atoms with van der Waals surface area (Å²) in [5.41, 5.74) is 1.57. The fourth-order valence-corrected chi connectivity index (χ4v) is 2.22. The van der Waals surface area contributed by atoms with Gasteiger partial charge in [0, 0.05) is 10.6 Å². The SMILES string of the molecule is C=CCc1ccc(C(C)(F)I)c(Cl)c1. The summed E-state index contributed by atoms with van der Waals surface area (Å²) < 4.78 is 12.2. The van der Waals surface area contributed by atoms with Gasteiger partial charge in [-0.05, 0) is 47.6 Å². The molecule has 0 radical (unpaired) electrons. The Morgan fingerprint density at radius 2 is 2.29 bits per heavy atom. The number of benzene rings is 1. The molecule has 0 aliphatic carbocycles. The van der Waals surface area contributed by atoms with Crippen molar-refractivity contribution < 1.29 is 4.39 Å². The monoisotopic (exact) mass is 324 g/mol. The Morgan fingerprint density at radius 1 is 1.64 bits per heavy atom. The molecule has 0 N–H and O–H groups in total. The molecule has 1 unspecified atom stereocenters. The number of rotatable bonds is 3. The summed E-state index contributed by atoms with van der Waals surface area (Å²) >= 11 is 7.70. The first-order chi connectivity index (χ1) is 6.45. The van der Waals surface area contributed by atoms with E-state index >= 15 is 0 Å². The van der Waals surface area contributed by atoms with Crippen LogP contribution in [0.3, 0.4) is 0 Å². The van der Waals surface area contributed by atoms with Crippen molar-refractivity contribution in [1.82, 2.24) is 0 Å². The molecule has 0 aliphatic heterocycles. The summed E-state index contributed by atoms with van der Waals surface area (Å²) in [4.78, 5) is 0. The lowest BCUT2D eigenvalue weighted by Gasteiger charge is -2.15. The average molecular weight is 325 g/mol. The standard InChI is InChI=1S/C11H11ClFI/c1-3-4-8-5-6-9(10(12)7-8)11(2,13)14/h3,5-7H,1,4H2,2H3. The molecule has 1 aromatic rings. The molecule has 3 heteroatoms. The quantitative estimate of drug-likeness (QED) is 0.431. The van der Waals surface area contributed by atoms with Crippen LogP contribution in [-0.4, -0.2) is 0 Å². The lowest BCUT2D eigenvalue weighted by molar-refractivity contribution is 0.349. The maximum absolute atomic E-state index is 13.6. The van der Waals surface area contributed by atoms with E-state index in [-0.39, 0.29) is 0 Å². The van der Waals surface area contributed by atoms with Crippen LogP contribution in [0.4, 0.5) is 4.39 Å². The second-order valence-corrected chi connectivity index (χ2v) is 5.63. The fourth-order valence-electron chi connectivity index (χ4n) is 1.21. The van der Waals surface area contributed by atoms with Gasteiger partial charge in [0.25, 0.3) is 0 Å². The molecule has 0 nitrogen and oxygen atoms in total. The van der Waals surface area contributed by atoms with Gasteiger partial charge in [0.2, 0.25) is 0 Å². The molecule has 0 amide bonds.